The zero-order valence-corrected chi connectivity index (χ0v) is 51.6. The molecule has 432 valence electrons. The summed E-state index contributed by atoms with van der Waals surface area (Å²) in [5.74, 6) is 0.625. The van der Waals surface area contributed by atoms with Crippen molar-refractivity contribution in [3.05, 3.63) is 262 Å². The molecule has 4 aromatic carbocycles. The zero-order chi connectivity index (χ0) is 57.3. The first-order valence-corrected chi connectivity index (χ1v) is 30.3. The van der Waals surface area contributed by atoms with Crippen LogP contribution in [0.4, 0.5) is 0 Å². The average Bonchev–Trinajstić information content (AvgIpc) is 1.74. The molecule has 8 nitrogen and oxygen atoms in total. The van der Waals surface area contributed by atoms with Crippen LogP contribution in [0.2, 0.25) is 0 Å². The number of hydrogen-bond donors (Lipinski definition) is 0. The first-order chi connectivity index (χ1) is 41.1. The molecular weight excluding hydrogens is 1100 g/mol. The van der Waals surface area contributed by atoms with Gasteiger partial charge in [0, 0.05) is 62.6 Å². The van der Waals surface area contributed by atoms with Crippen LogP contribution in [0.25, 0.3) is 88.6 Å². The fraction of sp³-hybridized carbons (Fsp3) is 0.234. The fourth-order valence-electron chi connectivity index (χ4n) is 13.5. The topological polar surface area (TPSA) is 51.5 Å². The smallest absolute Gasteiger partial charge is 0.658 e. The summed E-state index contributed by atoms with van der Waals surface area (Å²) in [6.07, 6.45) is 30.1. The maximum atomic E-state index is 5.75. The van der Waals surface area contributed by atoms with Crippen LogP contribution < -0.4 is 37.4 Å². The summed E-state index contributed by atoms with van der Waals surface area (Å²) < 4.78 is 12.7. The molecule has 7 aromatic heterocycles. The third kappa shape index (κ3) is 12.1. The van der Waals surface area contributed by atoms with E-state index in [2.05, 4.69) is 263 Å². The summed E-state index contributed by atoms with van der Waals surface area (Å²) in [4.78, 5) is 11.5. The van der Waals surface area contributed by atoms with Gasteiger partial charge < -0.3 is 26.5 Å². The standard InChI is InChI=1S/C76H76N8.CH3.Co/c1-79-41-33-53(34-42-79)17-11-21-57(22-12-18-54-35-43-80(2)44-36-54)59-29-15-31-65-67-49-71-62-26-8-10-28-64(62)74(84(71)6)52-70-76-60(58(23-13-19-55-37-45-81(3)46-38-55)24-14-20-56-39-47-82(4)48-40-56)30-16-32-66(76)68(78-70)50-72-61-25-7-9-27-63(61)73(83(72)5)51-69(77-67)75(59)65;;/h7-10,15-16,25-52,57-58H,5-6,11-14,17-24H2,1-4H3;1H3;/q+2;-1;+3. The molecule has 0 saturated heterocycles. The second kappa shape index (κ2) is 25.9. The number of pyridine rings is 4. The Morgan fingerprint density at radius 2 is 0.616 bits per heavy atom. The van der Waals surface area contributed by atoms with Gasteiger partial charge in [-0.25, -0.2) is 18.3 Å². The molecule has 13 rings (SSSR count). The molecule has 0 radical (unpaired) electrons. The van der Waals surface area contributed by atoms with Gasteiger partial charge in [-0.1, -0.05) is 109 Å². The third-order valence-corrected chi connectivity index (χ3v) is 18.1. The van der Waals surface area contributed by atoms with Gasteiger partial charge in [0.15, 0.2) is 49.6 Å². The predicted molar refractivity (Wildman–Crippen MR) is 343 cm³/mol. The largest absolute Gasteiger partial charge is 3.00 e. The Kier molecular flexibility index (Phi) is 17.8. The van der Waals surface area contributed by atoms with E-state index in [1.165, 1.54) is 44.2 Å². The molecule has 2 aliphatic heterocycles. The van der Waals surface area contributed by atoms with Crippen molar-refractivity contribution < 1.29 is 44.2 Å². The molecule has 0 amide bonds. The molecule has 0 unspecified atom stereocenters. The van der Waals surface area contributed by atoms with Gasteiger partial charge in [-0.15, -0.1) is 22.1 Å². The molecule has 11 aromatic rings. The number of hydrogen-bond acceptors (Lipinski definition) is 0. The van der Waals surface area contributed by atoms with E-state index in [9.17, 15) is 0 Å². The third-order valence-electron chi connectivity index (χ3n) is 18.1. The summed E-state index contributed by atoms with van der Waals surface area (Å²) in [5.41, 5.74) is 20.6. The number of rotatable bonds is 18. The molecule has 2 aliphatic rings. The Morgan fingerprint density at radius 1 is 0.349 bits per heavy atom. The van der Waals surface area contributed by atoms with E-state index in [4.69, 9.17) is 24.1 Å². The normalized spacial score (nSPS) is 11.7. The maximum Gasteiger partial charge on any atom is 3.00 e. The molecule has 0 N–H and O–H groups in total. The van der Waals surface area contributed by atoms with Crippen molar-refractivity contribution in [2.45, 2.75) is 88.9 Å². The molecule has 8 bridgehead atoms. The van der Waals surface area contributed by atoms with Gasteiger partial charge in [-0.05, 0) is 166 Å². The van der Waals surface area contributed by atoms with Crippen LogP contribution in [0, 0.1) is 21.5 Å². The van der Waals surface area contributed by atoms with E-state index in [0.29, 0.717) is 11.8 Å². The van der Waals surface area contributed by atoms with Crippen molar-refractivity contribution in [1.29, 1.82) is 0 Å². The van der Waals surface area contributed by atoms with Gasteiger partial charge in [0.25, 0.3) is 0 Å². The second-order valence-electron chi connectivity index (χ2n) is 23.8. The SMILES string of the molecule is [CH2-][n+]1c2cc3[n-]c(cc4[n+]([CH2-])c(cc5[n-]c(cc1-c1ccccc1-2)c1c(C(CCCc2cc[n+](C)cc2)CCCc2cc[n+](C)cc2)cccc51)-c1ccccc1-4)c1c(C(CCCc2cc[n+](C)cc2)CCCc2cc[n+](C)cc2)cccc31.[CH3-].[Co+3]. The molecule has 9 heterocycles. The molecular formula is C77H79CoN8+4. The Bertz CT molecular complexity index is 4000. The Hall–Kier alpha value is -8.63. The van der Waals surface area contributed by atoms with Crippen molar-refractivity contribution >= 4 is 43.6 Å². The van der Waals surface area contributed by atoms with Gasteiger partial charge in [-0.2, -0.15) is 0 Å². The van der Waals surface area contributed by atoms with Crippen LogP contribution in [0.3, 0.4) is 0 Å². The first kappa shape index (κ1) is 59.1. The van der Waals surface area contributed by atoms with Crippen molar-refractivity contribution in [2.24, 2.45) is 28.2 Å². The minimum atomic E-state index is 0. The molecule has 9 heteroatoms. The Balaban J connectivity index is 0.00000384. The monoisotopic (exact) mass is 1170 g/mol. The minimum Gasteiger partial charge on any atom is -0.658 e. The minimum absolute atomic E-state index is 0. The molecule has 0 atom stereocenters. The number of aromatic nitrogens is 8. The van der Waals surface area contributed by atoms with Crippen molar-refractivity contribution in [1.82, 2.24) is 9.97 Å². The van der Waals surface area contributed by atoms with Crippen LogP contribution in [-0.2, 0) is 70.7 Å². The van der Waals surface area contributed by atoms with Crippen molar-refractivity contribution in [3.63, 3.8) is 0 Å². The average molecular weight is 1180 g/mol. The fourth-order valence-corrected chi connectivity index (χ4v) is 13.5. The van der Waals surface area contributed by atoms with Gasteiger partial charge in [0.05, 0.1) is 0 Å². The van der Waals surface area contributed by atoms with Crippen LogP contribution in [0.1, 0.15) is 96.6 Å². The van der Waals surface area contributed by atoms with Gasteiger partial charge in [0.2, 0.25) is 0 Å². The molecule has 0 aliphatic carbocycles. The summed E-state index contributed by atoms with van der Waals surface area (Å²) in [7, 11) is 18.1. The predicted octanol–water partition coefficient (Wildman–Crippen LogP) is 13.6. The maximum absolute atomic E-state index is 5.75. The Labute approximate surface area is 519 Å². The van der Waals surface area contributed by atoms with Crippen LogP contribution in [-0.4, -0.2) is 0 Å². The molecule has 86 heavy (non-hydrogen) atoms. The summed E-state index contributed by atoms with van der Waals surface area (Å²) in [6.45, 7) is 0. The van der Waals surface area contributed by atoms with Crippen LogP contribution >= 0.6 is 0 Å². The van der Waals surface area contributed by atoms with Gasteiger partial charge in [-0.3, -0.25) is 0 Å². The first-order valence-electron chi connectivity index (χ1n) is 30.3. The van der Waals surface area contributed by atoms with Crippen molar-refractivity contribution in [2.75, 3.05) is 0 Å². The molecule has 0 spiro atoms. The summed E-state index contributed by atoms with van der Waals surface area (Å²) in [5, 5.41) is 4.74. The number of aryl methyl sites for hydroxylation is 8. The van der Waals surface area contributed by atoms with Crippen molar-refractivity contribution in [3.8, 4) is 45.0 Å². The number of fused-ring (bicyclic) bond motifs is 20. The van der Waals surface area contributed by atoms with E-state index in [0.717, 1.165) is 155 Å². The molecule has 0 fully saturated rings. The summed E-state index contributed by atoms with van der Waals surface area (Å²) >= 11 is 0. The van der Waals surface area contributed by atoms with E-state index in [1.54, 1.807) is 0 Å². The Morgan fingerprint density at radius 3 is 0.895 bits per heavy atom. The van der Waals surface area contributed by atoms with E-state index >= 15 is 0 Å². The molecule has 0 saturated carbocycles. The number of nitrogens with zero attached hydrogens (tertiary/aromatic N) is 8. The number of benzene rings is 4. The summed E-state index contributed by atoms with van der Waals surface area (Å²) in [6, 6.07) is 58.9. The second-order valence-corrected chi connectivity index (χ2v) is 23.8. The van der Waals surface area contributed by atoms with E-state index in [-0.39, 0.29) is 24.2 Å². The van der Waals surface area contributed by atoms with E-state index < -0.39 is 0 Å². The van der Waals surface area contributed by atoms with Crippen LogP contribution in [0.15, 0.2) is 207 Å². The van der Waals surface area contributed by atoms with E-state index in [1.807, 2.05) is 0 Å². The quantitative estimate of drug-likeness (QED) is 0.0635. The van der Waals surface area contributed by atoms with Gasteiger partial charge in [0.1, 0.15) is 51.0 Å². The zero-order valence-electron chi connectivity index (χ0n) is 50.6. The van der Waals surface area contributed by atoms with Crippen LogP contribution in [0.5, 0.6) is 0 Å². The van der Waals surface area contributed by atoms with Gasteiger partial charge >= 0.3 is 16.8 Å².